The molecule has 140 valence electrons. The third kappa shape index (κ3) is 3.35. The third-order valence-corrected chi connectivity index (χ3v) is 4.39. The van der Waals surface area contributed by atoms with Crippen LogP contribution in [0.15, 0.2) is 52.2 Å². The predicted octanol–water partition coefficient (Wildman–Crippen LogP) is -1.64. The number of ether oxygens (including phenoxy) is 1. The van der Waals surface area contributed by atoms with Crippen LogP contribution in [0.25, 0.3) is 0 Å². The van der Waals surface area contributed by atoms with Gasteiger partial charge in [0.15, 0.2) is 6.23 Å². The summed E-state index contributed by atoms with van der Waals surface area (Å²) in [7, 11) is 0. The van der Waals surface area contributed by atoms with Crippen molar-refractivity contribution in [2.75, 3.05) is 6.61 Å². The van der Waals surface area contributed by atoms with Gasteiger partial charge in [-0.05, 0) is 5.56 Å². The molecule has 0 saturated carbocycles. The largest absolute Gasteiger partial charge is 0.394 e. The minimum Gasteiger partial charge on any atom is -0.394 e. The standard InChI is InChI=1S/C17H20N2O7/c20-9-11-14(23)15(24)16(26-11)18-7-6-12(21)19(17(18)25)13(22)8-10-4-2-1-3-5-10/h1-7,11,13-16,20,22-24H,8-9H2/t11-,13-,14-,15-,16-/m1/s1. The Kier molecular flexibility index (Phi) is 5.35. The average Bonchev–Trinajstić information content (AvgIpc) is 2.91. The summed E-state index contributed by atoms with van der Waals surface area (Å²) in [5.41, 5.74) is -0.869. The number of aliphatic hydroxyl groups excluding tert-OH is 4. The monoisotopic (exact) mass is 364 g/mol. The predicted molar refractivity (Wildman–Crippen MR) is 89.4 cm³/mol. The average molecular weight is 364 g/mol. The van der Waals surface area contributed by atoms with E-state index in [9.17, 15) is 24.9 Å². The molecule has 0 radical (unpaired) electrons. The zero-order valence-electron chi connectivity index (χ0n) is 13.8. The van der Waals surface area contributed by atoms with Crippen molar-refractivity contribution in [2.45, 2.75) is 37.2 Å². The van der Waals surface area contributed by atoms with E-state index in [0.717, 1.165) is 22.4 Å². The lowest BCUT2D eigenvalue weighted by atomic mass is 10.1. The SMILES string of the molecule is O=c1ccn([C@@H]2O[C@H](CO)[C@@H](O)[C@H]2O)c(=O)n1[C@H](O)Cc1ccccc1. The number of aromatic nitrogens is 2. The van der Waals surface area contributed by atoms with Gasteiger partial charge in [-0.15, -0.1) is 0 Å². The van der Waals surface area contributed by atoms with Gasteiger partial charge in [0.1, 0.15) is 24.5 Å². The number of rotatable bonds is 5. The van der Waals surface area contributed by atoms with Crippen molar-refractivity contribution in [3.05, 3.63) is 69.0 Å². The summed E-state index contributed by atoms with van der Waals surface area (Å²) >= 11 is 0. The highest BCUT2D eigenvalue weighted by molar-refractivity contribution is 5.15. The maximum Gasteiger partial charge on any atom is 0.335 e. The minimum atomic E-state index is -1.47. The second-order valence-corrected chi connectivity index (χ2v) is 6.11. The van der Waals surface area contributed by atoms with Gasteiger partial charge >= 0.3 is 5.69 Å². The molecule has 1 aromatic heterocycles. The van der Waals surface area contributed by atoms with Crippen LogP contribution in [0.1, 0.15) is 18.0 Å². The Morgan fingerprint density at radius 3 is 2.38 bits per heavy atom. The van der Waals surface area contributed by atoms with E-state index >= 15 is 0 Å². The van der Waals surface area contributed by atoms with Crippen LogP contribution >= 0.6 is 0 Å². The molecule has 5 atom stereocenters. The molecule has 1 aliphatic heterocycles. The van der Waals surface area contributed by atoms with Crippen LogP contribution in [0.5, 0.6) is 0 Å². The molecule has 1 fully saturated rings. The van der Waals surface area contributed by atoms with E-state index < -0.39 is 48.6 Å². The van der Waals surface area contributed by atoms with Crippen molar-refractivity contribution in [3.63, 3.8) is 0 Å². The first-order valence-corrected chi connectivity index (χ1v) is 8.12. The molecule has 9 heteroatoms. The lowest BCUT2D eigenvalue weighted by molar-refractivity contribution is -0.0568. The first-order valence-electron chi connectivity index (χ1n) is 8.12. The first-order chi connectivity index (χ1) is 12.4. The first kappa shape index (κ1) is 18.5. The van der Waals surface area contributed by atoms with Gasteiger partial charge in [-0.25, -0.2) is 9.36 Å². The smallest absolute Gasteiger partial charge is 0.335 e. The van der Waals surface area contributed by atoms with Gasteiger partial charge in [0.25, 0.3) is 5.56 Å². The van der Waals surface area contributed by atoms with Gasteiger partial charge < -0.3 is 25.2 Å². The lowest BCUT2D eigenvalue weighted by Gasteiger charge is -2.20. The summed E-state index contributed by atoms with van der Waals surface area (Å²) in [6.07, 6.45) is -5.45. The topological polar surface area (TPSA) is 134 Å². The fourth-order valence-corrected chi connectivity index (χ4v) is 3.00. The fourth-order valence-electron chi connectivity index (χ4n) is 3.00. The molecule has 4 N–H and O–H groups in total. The van der Waals surface area contributed by atoms with E-state index in [1.165, 1.54) is 0 Å². The molecule has 1 saturated heterocycles. The van der Waals surface area contributed by atoms with Crippen LogP contribution in [0.4, 0.5) is 0 Å². The maximum absolute atomic E-state index is 12.7. The Morgan fingerprint density at radius 1 is 1.08 bits per heavy atom. The number of nitrogens with zero attached hydrogens (tertiary/aromatic N) is 2. The van der Waals surface area contributed by atoms with Gasteiger partial charge in [0, 0.05) is 18.7 Å². The molecule has 1 aromatic carbocycles. The number of hydrogen-bond acceptors (Lipinski definition) is 7. The summed E-state index contributed by atoms with van der Waals surface area (Å²) in [4.78, 5) is 24.8. The molecule has 0 bridgehead atoms. The van der Waals surface area contributed by atoms with Crippen LogP contribution in [0, 0.1) is 0 Å². The van der Waals surface area contributed by atoms with Gasteiger partial charge in [-0.2, -0.15) is 0 Å². The number of hydrogen-bond donors (Lipinski definition) is 4. The normalized spacial score (nSPS) is 26.8. The maximum atomic E-state index is 12.7. The molecule has 0 spiro atoms. The van der Waals surface area contributed by atoms with Crippen molar-refractivity contribution in [3.8, 4) is 0 Å². The Bertz CT molecular complexity index is 863. The van der Waals surface area contributed by atoms with Gasteiger partial charge in [0.05, 0.1) is 6.61 Å². The van der Waals surface area contributed by atoms with Crippen LogP contribution < -0.4 is 11.2 Å². The van der Waals surface area contributed by atoms with E-state index in [1.807, 2.05) is 0 Å². The number of benzene rings is 1. The second kappa shape index (κ2) is 7.52. The van der Waals surface area contributed by atoms with Crippen molar-refractivity contribution >= 4 is 0 Å². The van der Waals surface area contributed by atoms with Gasteiger partial charge in [-0.3, -0.25) is 9.36 Å². The molecule has 9 nitrogen and oxygen atoms in total. The van der Waals surface area contributed by atoms with Crippen LogP contribution in [0.3, 0.4) is 0 Å². The van der Waals surface area contributed by atoms with Gasteiger partial charge in [-0.1, -0.05) is 30.3 Å². The molecular weight excluding hydrogens is 344 g/mol. The second-order valence-electron chi connectivity index (χ2n) is 6.11. The Morgan fingerprint density at radius 2 is 1.77 bits per heavy atom. The Labute approximate surface area is 148 Å². The molecule has 0 unspecified atom stereocenters. The zero-order valence-corrected chi connectivity index (χ0v) is 13.8. The fraction of sp³-hybridized carbons (Fsp3) is 0.412. The Hall–Kier alpha value is -2.30. The molecular formula is C17H20N2O7. The van der Waals surface area contributed by atoms with E-state index in [2.05, 4.69) is 0 Å². The molecule has 3 rings (SSSR count). The molecule has 1 aliphatic rings. The molecule has 2 aromatic rings. The highest BCUT2D eigenvalue weighted by atomic mass is 16.6. The third-order valence-electron chi connectivity index (χ3n) is 4.39. The molecule has 2 heterocycles. The summed E-state index contributed by atoms with van der Waals surface area (Å²) < 4.78 is 6.88. The zero-order chi connectivity index (χ0) is 18.8. The van der Waals surface area contributed by atoms with Crippen LogP contribution in [-0.4, -0.2) is 54.5 Å². The summed E-state index contributed by atoms with van der Waals surface area (Å²) in [6, 6.07) is 9.91. The summed E-state index contributed by atoms with van der Waals surface area (Å²) in [5, 5.41) is 39.5. The van der Waals surface area contributed by atoms with Crippen LogP contribution in [-0.2, 0) is 11.2 Å². The molecule has 0 amide bonds. The Balaban J connectivity index is 1.95. The van der Waals surface area contributed by atoms with Crippen molar-refractivity contribution in [1.29, 1.82) is 0 Å². The van der Waals surface area contributed by atoms with Crippen LogP contribution in [0.2, 0.25) is 0 Å². The summed E-state index contributed by atoms with van der Waals surface area (Å²) in [5.74, 6) is 0. The highest BCUT2D eigenvalue weighted by Gasteiger charge is 2.44. The van der Waals surface area contributed by atoms with E-state index in [-0.39, 0.29) is 6.42 Å². The van der Waals surface area contributed by atoms with E-state index in [4.69, 9.17) is 9.84 Å². The molecule has 0 aliphatic carbocycles. The van der Waals surface area contributed by atoms with Crippen molar-refractivity contribution in [2.24, 2.45) is 0 Å². The van der Waals surface area contributed by atoms with E-state index in [1.54, 1.807) is 30.3 Å². The molecule has 26 heavy (non-hydrogen) atoms. The summed E-state index contributed by atoms with van der Waals surface area (Å²) in [6.45, 7) is -0.542. The quantitative estimate of drug-likeness (QED) is 0.500. The minimum absolute atomic E-state index is 0.0377. The van der Waals surface area contributed by atoms with Crippen molar-refractivity contribution < 1.29 is 25.2 Å². The lowest BCUT2D eigenvalue weighted by Crippen LogP contribution is -2.45. The van der Waals surface area contributed by atoms with Crippen molar-refractivity contribution in [1.82, 2.24) is 9.13 Å². The number of aliphatic hydroxyl groups is 4. The highest BCUT2D eigenvalue weighted by Crippen LogP contribution is 2.27. The van der Waals surface area contributed by atoms with Gasteiger partial charge in [0.2, 0.25) is 0 Å². The van der Waals surface area contributed by atoms with E-state index in [0.29, 0.717) is 4.57 Å².